The Hall–Kier alpha value is -2.90. The lowest BCUT2D eigenvalue weighted by molar-refractivity contribution is -0.117. The zero-order valence-electron chi connectivity index (χ0n) is 15.0. The van der Waals surface area contributed by atoms with Crippen LogP contribution in [0.15, 0.2) is 30.6 Å². The molecular weight excluding hydrogens is 366 g/mol. The Morgan fingerprint density at radius 3 is 2.64 bits per heavy atom. The summed E-state index contributed by atoms with van der Waals surface area (Å²) in [7, 11) is 0. The fourth-order valence-corrected chi connectivity index (χ4v) is 4.04. The van der Waals surface area contributed by atoms with Crippen molar-refractivity contribution < 1.29 is 18.4 Å². The normalized spacial score (nSPS) is 25.6. The van der Waals surface area contributed by atoms with Gasteiger partial charge in [-0.05, 0) is 42.4 Å². The van der Waals surface area contributed by atoms with Crippen LogP contribution in [0.2, 0.25) is 0 Å². The van der Waals surface area contributed by atoms with E-state index in [9.17, 15) is 18.4 Å². The molecule has 1 aliphatic heterocycles. The SMILES string of the molecule is O=C(CN1CC2(CC2F)c2cc(C3CC3)ccc2C1=O)Nc1ncc(F)cn1. The summed E-state index contributed by atoms with van der Waals surface area (Å²) in [4.78, 5) is 33.9. The van der Waals surface area contributed by atoms with E-state index in [0.29, 0.717) is 17.9 Å². The summed E-state index contributed by atoms with van der Waals surface area (Å²) in [6.45, 7) is -0.0658. The molecule has 3 aliphatic rings. The molecule has 5 rings (SSSR count). The third-order valence-electron chi connectivity index (χ3n) is 5.81. The fourth-order valence-electron chi connectivity index (χ4n) is 4.04. The molecule has 0 bridgehead atoms. The molecule has 2 fully saturated rings. The van der Waals surface area contributed by atoms with Crippen LogP contribution in [0.25, 0.3) is 0 Å². The predicted molar refractivity (Wildman–Crippen MR) is 96.1 cm³/mol. The average Bonchev–Trinajstić information content (AvgIpc) is 3.59. The summed E-state index contributed by atoms with van der Waals surface area (Å²) in [5, 5.41) is 2.44. The smallest absolute Gasteiger partial charge is 0.254 e. The molecule has 1 spiro atoms. The molecule has 28 heavy (non-hydrogen) atoms. The molecule has 2 saturated carbocycles. The Morgan fingerprint density at radius 2 is 2.00 bits per heavy atom. The number of carbonyl (C=O) groups is 2. The fraction of sp³-hybridized carbons (Fsp3) is 0.400. The van der Waals surface area contributed by atoms with Crippen molar-refractivity contribution in [3.63, 3.8) is 0 Å². The van der Waals surface area contributed by atoms with Gasteiger partial charge >= 0.3 is 0 Å². The van der Waals surface area contributed by atoms with E-state index < -0.39 is 23.3 Å². The maximum absolute atomic E-state index is 14.4. The number of amides is 2. The first-order valence-electron chi connectivity index (χ1n) is 9.31. The molecule has 2 aliphatic carbocycles. The average molecular weight is 384 g/mol. The lowest BCUT2D eigenvalue weighted by Gasteiger charge is -2.34. The van der Waals surface area contributed by atoms with Gasteiger partial charge in [0.15, 0.2) is 5.82 Å². The number of alkyl halides is 1. The quantitative estimate of drug-likeness (QED) is 0.879. The topological polar surface area (TPSA) is 75.2 Å². The number of rotatable bonds is 4. The molecule has 8 heteroatoms. The van der Waals surface area contributed by atoms with Gasteiger partial charge < -0.3 is 4.90 Å². The van der Waals surface area contributed by atoms with E-state index in [1.54, 1.807) is 6.07 Å². The van der Waals surface area contributed by atoms with Crippen LogP contribution >= 0.6 is 0 Å². The third kappa shape index (κ3) is 2.83. The number of halogens is 2. The molecule has 2 atom stereocenters. The molecule has 0 saturated heterocycles. The molecule has 6 nitrogen and oxygen atoms in total. The largest absolute Gasteiger partial charge is 0.328 e. The number of fused-ring (bicyclic) bond motifs is 2. The lowest BCUT2D eigenvalue weighted by atomic mass is 9.84. The second-order valence-corrected chi connectivity index (χ2v) is 7.84. The third-order valence-corrected chi connectivity index (χ3v) is 5.81. The van der Waals surface area contributed by atoms with Gasteiger partial charge in [0, 0.05) is 17.5 Å². The van der Waals surface area contributed by atoms with E-state index in [0.717, 1.165) is 30.8 Å². The number of anilines is 1. The molecule has 144 valence electrons. The van der Waals surface area contributed by atoms with Gasteiger partial charge in [0.2, 0.25) is 11.9 Å². The molecule has 1 aromatic carbocycles. The van der Waals surface area contributed by atoms with Crippen LogP contribution in [0, 0.1) is 5.82 Å². The van der Waals surface area contributed by atoms with Gasteiger partial charge in [-0.2, -0.15) is 0 Å². The van der Waals surface area contributed by atoms with Crippen molar-refractivity contribution in [3.8, 4) is 0 Å². The number of carbonyl (C=O) groups excluding carboxylic acids is 2. The second kappa shape index (κ2) is 6.05. The van der Waals surface area contributed by atoms with Crippen LogP contribution in [0.1, 0.15) is 46.7 Å². The lowest BCUT2D eigenvalue weighted by Crippen LogP contribution is -2.47. The monoisotopic (exact) mass is 384 g/mol. The molecule has 2 amide bonds. The molecular formula is C20H18F2N4O2. The van der Waals surface area contributed by atoms with Crippen LogP contribution in [-0.2, 0) is 10.2 Å². The summed E-state index contributed by atoms with van der Waals surface area (Å²) < 4.78 is 27.3. The first kappa shape index (κ1) is 17.2. The molecule has 0 radical (unpaired) electrons. The highest BCUT2D eigenvalue weighted by molar-refractivity contribution is 6.01. The molecule has 1 aromatic heterocycles. The Kier molecular flexibility index (Phi) is 3.72. The van der Waals surface area contributed by atoms with E-state index in [-0.39, 0.29) is 24.9 Å². The van der Waals surface area contributed by atoms with Gasteiger partial charge in [-0.25, -0.2) is 18.7 Å². The Morgan fingerprint density at radius 1 is 1.29 bits per heavy atom. The minimum absolute atomic E-state index is 0.0464. The maximum Gasteiger partial charge on any atom is 0.254 e. The van der Waals surface area contributed by atoms with Gasteiger partial charge in [0.1, 0.15) is 12.7 Å². The standard InChI is InChI=1S/C20H18F2N4O2/c21-13-7-23-19(24-8-13)25-17(27)9-26-10-20(6-16(20)22)15-5-12(11-1-2-11)3-4-14(15)18(26)28/h3-5,7-8,11,16H,1-2,6,9-10H2,(H,23,24,25,27). The first-order chi connectivity index (χ1) is 13.5. The van der Waals surface area contributed by atoms with Gasteiger partial charge in [-0.3, -0.25) is 14.9 Å². The maximum atomic E-state index is 14.4. The van der Waals surface area contributed by atoms with Crippen molar-refractivity contribution in [1.29, 1.82) is 0 Å². The number of nitrogens with zero attached hydrogens (tertiary/aromatic N) is 3. The summed E-state index contributed by atoms with van der Waals surface area (Å²) >= 11 is 0. The van der Waals surface area contributed by atoms with Gasteiger partial charge in [-0.1, -0.05) is 12.1 Å². The molecule has 2 heterocycles. The predicted octanol–water partition coefficient (Wildman–Crippen LogP) is 2.57. The molecule has 2 aromatic rings. The van der Waals surface area contributed by atoms with E-state index in [4.69, 9.17) is 0 Å². The number of nitrogens with one attached hydrogen (secondary N) is 1. The van der Waals surface area contributed by atoms with E-state index >= 15 is 0 Å². The van der Waals surface area contributed by atoms with Crippen LogP contribution in [-0.4, -0.2) is 45.9 Å². The minimum Gasteiger partial charge on any atom is -0.328 e. The zero-order valence-corrected chi connectivity index (χ0v) is 15.0. The van der Waals surface area contributed by atoms with Crippen molar-refractivity contribution in [3.05, 3.63) is 53.1 Å². The van der Waals surface area contributed by atoms with Crippen molar-refractivity contribution in [1.82, 2.24) is 14.9 Å². The van der Waals surface area contributed by atoms with Crippen LogP contribution in [0.4, 0.5) is 14.7 Å². The van der Waals surface area contributed by atoms with Crippen LogP contribution in [0.3, 0.4) is 0 Å². The summed E-state index contributed by atoms with van der Waals surface area (Å²) in [5.74, 6) is -0.930. The highest BCUT2D eigenvalue weighted by Gasteiger charge is 2.61. The number of benzene rings is 1. The number of aromatic nitrogens is 2. The van der Waals surface area contributed by atoms with Crippen molar-refractivity contribution >= 4 is 17.8 Å². The van der Waals surface area contributed by atoms with E-state index in [2.05, 4.69) is 15.3 Å². The summed E-state index contributed by atoms with van der Waals surface area (Å²) in [6.07, 6.45) is 3.50. The van der Waals surface area contributed by atoms with Gasteiger partial charge in [0.25, 0.3) is 5.91 Å². The van der Waals surface area contributed by atoms with E-state index in [1.165, 1.54) is 10.5 Å². The highest BCUT2D eigenvalue weighted by atomic mass is 19.1. The Labute approximate surface area is 160 Å². The number of hydrogen-bond donors (Lipinski definition) is 1. The zero-order chi connectivity index (χ0) is 19.5. The van der Waals surface area contributed by atoms with Gasteiger partial charge in [-0.15, -0.1) is 0 Å². The van der Waals surface area contributed by atoms with Gasteiger partial charge in [0.05, 0.1) is 12.4 Å². The minimum atomic E-state index is -1.01. The van der Waals surface area contributed by atoms with E-state index in [1.807, 2.05) is 12.1 Å². The Balaban J connectivity index is 1.37. The molecule has 2 unspecified atom stereocenters. The Bertz CT molecular complexity index is 977. The van der Waals surface area contributed by atoms with Crippen molar-refractivity contribution in [2.24, 2.45) is 0 Å². The summed E-state index contributed by atoms with van der Waals surface area (Å²) in [6, 6.07) is 5.70. The highest BCUT2D eigenvalue weighted by Crippen LogP contribution is 2.55. The second-order valence-electron chi connectivity index (χ2n) is 7.84. The van der Waals surface area contributed by atoms with Crippen LogP contribution < -0.4 is 5.32 Å². The van der Waals surface area contributed by atoms with Crippen LogP contribution in [0.5, 0.6) is 0 Å². The molecule has 1 N–H and O–H groups in total. The van der Waals surface area contributed by atoms with Crippen molar-refractivity contribution in [2.75, 3.05) is 18.4 Å². The first-order valence-corrected chi connectivity index (χ1v) is 9.31. The van der Waals surface area contributed by atoms with Crippen molar-refractivity contribution in [2.45, 2.75) is 36.8 Å². The number of hydrogen-bond acceptors (Lipinski definition) is 4. The summed E-state index contributed by atoms with van der Waals surface area (Å²) in [5.41, 5.74) is 1.72.